The van der Waals surface area contributed by atoms with Crippen molar-refractivity contribution in [3.8, 4) is 0 Å². The summed E-state index contributed by atoms with van der Waals surface area (Å²) in [6, 6.07) is 10.3. The fourth-order valence-corrected chi connectivity index (χ4v) is 3.04. The predicted octanol–water partition coefficient (Wildman–Crippen LogP) is 3.66. The zero-order valence-electron chi connectivity index (χ0n) is 15.0. The van der Waals surface area contributed by atoms with Gasteiger partial charge >= 0.3 is 0 Å². The molecule has 0 saturated carbocycles. The van der Waals surface area contributed by atoms with Crippen LogP contribution in [0.2, 0.25) is 0 Å². The molecule has 1 unspecified atom stereocenters. The van der Waals surface area contributed by atoms with Crippen LogP contribution in [0.15, 0.2) is 36.7 Å². The topological polar surface area (TPSA) is 62.3 Å². The number of nitrogens with one attached hydrogen (secondary N) is 2. The minimum absolute atomic E-state index is 0.291. The van der Waals surface area contributed by atoms with Crippen molar-refractivity contribution in [1.82, 2.24) is 9.97 Å². The normalized spacial score (nSPS) is 16.6. The lowest BCUT2D eigenvalue weighted by atomic mass is 10.2. The maximum Gasteiger partial charge on any atom is 0.135 e. The quantitative estimate of drug-likeness (QED) is 0.764. The summed E-state index contributed by atoms with van der Waals surface area (Å²) in [6.07, 6.45) is 4.12. The second kappa shape index (κ2) is 8.67. The zero-order valence-corrected chi connectivity index (χ0v) is 15.0. The average Bonchev–Trinajstić information content (AvgIpc) is 3.16. The lowest BCUT2D eigenvalue weighted by Gasteiger charge is -2.21. The van der Waals surface area contributed by atoms with E-state index in [9.17, 15) is 0 Å². The lowest BCUT2D eigenvalue weighted by Crippen LogP contribution is -2.21. The first kappa shape index (κ1) is 17.5. The Labute approximate surface area is 149 Å². The smallest absolute Gasteiger partial charge is 0.135 e. The van der Waals surface area contributed by atoms with E-state index in [2.05, 4.69) is 63.6 Å². The molecular formula is C19H27N5O. The standard InChI is InChI=1S/C19H27N5O/c1-3-24(4-2)16-9-7-15(8-10-16)23-19-12-18(21-14-22-19)20-13-17-6-5-11-25-17/h7-10,12,14,17H,3-6,11,13H2,1-2H3,(H2,20,21,22,23). The Morgan fingerprint density at radius 3 is 2.56 bits per heavy atom. The summed E-state index contributed by atoms with van der Waals surface area (Å²) in [5.74, 6) is 1.59. The number of anilines is 4. The van der Waals surface area contributed by atoms with E-state index in [1.54, 1.807) is 6.33 Å². The van der Waals surface area contributed by atoms with Crippen LogP contribution in [-0.4, -0.2) is 42.3 Å². The van der Waals surface area contributed by atoms with Gasteiger partial charge in [-0.15, -0.1) is 0 Å². The zero-order chi connectivity index (χ0) is 17.5. The van der Waals surface area contributed by atoms with Gasteiger partial charge in [-0.25, -0.2) is 9.97 Å². The molecule has 3 rings (SSSR count). The van der Waals surface area contributed by atoms with Crippen molar-refractivity contribution in [2.75, 3.05) is 41.8 Å². The number of aromatic nitrogens is 2. The molecule has 1 aliphatic rings. The third kappa shape index (κ3) is 4.82. The molecule has 6 nitrogen and oxygen atoms in total. The summed E-state index contributed by atoms with van der Waals surface area (Å²) in [5.41, 5.74) is 2.25. The number of hydrogen-bond acceptors (Lipinski definition) is 6. The highest BCUT2D eigenvalue weighted by Gasteiger charge is 2.15. The van der Waals surface area contributed by atoms with Crippen LogP contribution < -0.4 is 15.5 Å². The lowest BCUT2D eigenvalue weighted by molar-refractivity contribution is 0.120. The molecule has 2 heterocycles. The van der Waals surface area contributed by atoms with Gasteiger partial charge < -0.3 is 20.3 Å². The highest BCUT2D eigenvalue weighted by atomic mass is 16.5. The molecular weight excluding hydrogens is 314 g/mol. The molecule has 0 amide bonds. The van der Waals surface area contributed by atoms with Gasteiger partial charge in [0, 0.05) is 43.7 Å². The van der Waals surface area contributed by atoms with Crippen molar-refractivity contribution in [3.63, 3.8) is 0 Å². The van der Waals surface area contributed by atoms with Crippen LogP contribution in [-0.2, 0) is 4.74 Å². The fraction of sp³-hybridized carbons (Fsp3) is 0.474. The van der Waals surface area contributed by atoms with Crippen molar-refractivity contribution in [3.05, 3.63) is 36.7 Å². The van der Waals surface area contributed by atoms with Gasteiger partial charge in [0.15, 0.2) is 0 Å². The molecule has 1 aromatic heterocycles. The molecule has 6 heteroatoms. The highest BCUT2D eigenvalue weighted by Crippen LogP contribution is 2.21. The van der Waals surface area contributed by atoms with Crippen molar-refractivity contribution in [1.29, 1.82) is 0 Å². The summed E-state index contributed by atoms with van der Waals surface area (Å²) >= 11 is 0. The van der Waals surface area contributed by atoms with Crippen molar-refractivity contribution in [2.45, 2.75) is 32.8 Å². The number of hydrogen-bond donors (Lipinski definition) is 2. The average molecular weight is 341 g/mol. The van der Waals surface area contributed by atoms with Gasteiger partial charge in [-0.1, -0.05) is 0 Å². The Bertz CT molecular complexity index is 651. The largest absolute Gasteiger partial charge is 0.376 e. The molecule has 1 atom stereocenters. The maximum absolute atomic E-state index is 5.62. The Morgan fingerprint density at radius 2 is 1.88 bits per heavy atom. The first-order valence-electron chi connectivity index (χ1n) is 9.08. The van der Waals surface area contributed by atoms with Gasteiger partial charge in [-0.3, -0.25) is 0 Å². The number of benzene rings is 1. The number of rotatable bonds is 8. The molecule has 1 aromatic carbocycles. The number of nitrogens with zero attached hydrogens (tertiary/aromatic N) is 3. The van der Waals surface area contributed by atoms with E-state index >= 15 is 0 Å². The molecule has 2 aromatic rings. The van der Waals surface area contributed by atoms with Gasteiger partial charge in [0.2, 0.25) is 0 Å². The van der Waals surface area contributed by atoms with Crippen molar-refractivity contribution in [2.24, 2.45) is 0 Å². The summed E-state index contributed by atoms with van der Waals surface area (Å²) in [7, 11) is 0. The van der Waals surface area contributed by atoms with E-state index < -0.39 is 0 Å². The summed E-state index contributed by atoms with van der Waals surface area (Å²) in [6.45, 7) is 8.01. The monoisotopic (exact) mass is 341 g/mol. The first-order valence-corrected chi connectivity index (χ1v) is 9.08. The van der Waals surface area contributed by atoms with Crippen LogP contribution >= 0.6 is 0 Å². The third-order valence-corrected chi connectivity index (χ3v) is 4.47. The van der Waals surface area contributed by atoms with E-state index in [1.807, 2.05) is 6.07 Å². The molecule has 0 radical (unpaired) electrons. The Hall–Kier alpha value is -2.34. The second-order valence-corrected chi connectivity index (χ2v) is 6.15. The second-order valence-electron chi connectivity index (χ2n) is 6.15. The molecule has 2 N–H and O–H groups in total. The predicted molar refractivity (Wildman–Crippen MR) is 103 cm³/mol. The molecule has 1 aliphatic heterocycles. The van der Waals surface area contributed by atoms with Crippen molar-refractivity contribution < 1.29 is 4.74 Å². The summed E-state index contributed by atoms with van der Waals surface area (Å²) in [4.78, 5) is 10.9. The van der Waals surface area contributed by atoms with Gasteiger partial charge in [-0.05, 0) is 51.0 Å². The van der Waals surface area contributed by atoms with Gasteiger partial charge in [-0.2, -0.15) is 0 Å². The summed E-state index contributed by atoms with van der Waals surface area (Å²) in [5, 5.41) is 6.66. The van der Waals surface area contributed by atoms with E-state index in [1.165, 1.54) is 5.69 Å². The molecule has 0 aliphatic carbocycles. The molecule has 1 saturated heterocycles. The van der Waals surface area contributed by atoms with Crippen LogP contribution in [0.4, 0.5) is 23.0 Å². The van der Waals surface area contributed by atoms with E-state index in [4.69, 9.17) is 4.74 Å². The fourth-order valence-electron chi connectivity index (χ4n) is 3.04. The van der Waals surface area contributed by atoms with E-state index in [-0.39, 0.29) is 0 Å². The highest BCUT2D eigenvalue weighted by molar-refractivity contribution is 5.62. The Balaban J connectivity index is 1.59. The van der Waals surface area contributed by atoms with E-state index in [0.717, 1.165) is 56.4 Å². The summed E-state index contributed by atoms with van der Waals surface area (Å²) < 4.78 is 5.62. The third-order valence-electron chi connectivity index (χ3n) is 4.47. The number of ether oxygens (including phenoxy) is 1. The van der Waals surface area contributed by atoms with Crippen LogP contribution in [0.5, 0.6) is 0 Å². The molecule has 0 spiro atoms. The van der Waals surface area contributed by atoms with Crippen LogP contribution in [0, 0.1) is 0 Å². The van der Waals surface area contributed by atoms with E-state index in [0.29, 0.717) is 6.10 Å². The van der Waals surface area contributed by atoms with Crippen LogP contribution in [0.1, 0.15) is 26.7 Å². The van der Waals surface area contributed by atoms with Gasteiger partial charge in [0.05, 0.1) is 6.10 Å². The Morgan fingerprint density at radius 1 is 1.12 bits per heavy atom. The molecule has 134 valence electrons. The molecule has 25 heavy (non-hydrogen) atoms. The SMILES string of the molecule is CCN(CC)c1ccc(Nc2cc(NCC3CCCO3)ncn2)cc1. The van der Waals surface area contributed by atoms with Gasteiger partial charge in [0.1, 0.15) is 18.0 Å². The molecule has 0 bridgehead atoms. The van der Waals surface area contributed by atoms with Crippen LogP contribution in [0.25, 0.3) is 0 Å². The van der Waals surface area contributed by atoms with Gasteiger partial charge in [0.25, 0.3) is 0 Å². The maximum atomic E-state index is 5.62. The first-order chi connectivity index (χ1) is 12.3. The van der Waals surface area contributed by atoms with Crippen molar-refractivity contribution >= 4 is 23.0 Å². The minimum atomic E-state index is 0.291. The molecule has 1 fully saturated rings. The Kier molecular flexibility index (Phi) is 6.06. The minimum Gasteiger partial charge on any atom is -0.376 e. The van der Waals surface area contributed by atoms with Crippen LogP contribution in [0.3, 0.4) is 0 Å².